The number of hydrogen-bond donors (Lipinski definition) is 1. The molecule has 156 valence electrons. The molecule has 1 N–H and O–H groups in total. The Hall–Kier alpha value is -2.36. The number of hydrogen-bond acceptors (Lipinski definition) is 5. The number of carboxylic acid groups (broad SMARTS) is 1. The minimum atomic E-state index is -1.34. The van der Waals surface area contributed by atoms with E-state index in [1.54, 1.807) is 20.4 Å². The summed E-state index contributed by atoms with van der Waals surface area (Å²) in [4.78, 5) is 39.0. The zero-order valence-corrected chi connectivity index (χ0v) is 19.1. The largest absolute Gasteiger partial charge is 1.00 e. The second kappa shape index (κ2) is 10.1. The molecular weight excluding hydrogens is 404 g/mol. The monoisotopic (exact) mass is 427 g/mol. The molecule has 0 unspecified atom stereocenters. The van der Waals surface area contributed by atoms with Crippen molar-refractivity contribution in [1.29, 1.82) is 0 Å². The number of piperazine rings is 1. The van der Waals surface area contributed by atoms with Gasteiger partial charge in [0.15, 0.2) is 0 Å². The third-order valence-electron chi connectivity index (χ3n) is 4.92. The van der Waals surface area contributed by atoms with Crippen LogP contribution in [0, 0.1) is 5.82 Å². The molecule has 0 saturated carbocycles. The van der Waals surface area contributed by atoms with Crippen molar-refractivity contribution in [2.75, 3.05) is 37.7 Å². The molecule has 3 rings (SSSR count). The first-order valence-electron chi connectivity index (χ1n) is 9.24. The molecule has 30 heavy (non-hydrogen) atoms. The molecule has 1 saturated heterocycles. The van der Waals surface area contributed by atoms with Crippen LogP contribution in [0.1, 0.15) is 18.7 Å². The van der Waals surface area contributed by atoms with Gasteiger partial charge in [-0.15, -0.1) is 0 Å². The fourth-order valence-electron chi connectivity index (χ4n) is 3.41. The van der Waals surface area contributed by atoms with Crippen LogP contribution in [0.4, 0.5) is 14.9 Å². The predicted molar refractivity (Wildman–Crippen MR) is 107 cm³/mol. The van der Waals surface area contributed by atoms with Crippen LogP contribution >= 0.6 is 0 Å². The first kappa shape index (κ1) is 23.9. The van der Waals surface area contributed by atoms with Crippen LogP contribution in [0.3, 0.4) is 0 Å². The molecule has 0 atom stereocenters. The zero-order chi connectivity index (χ0) is 21.1. The Morgan fingerprint density at radius 1 is 1.30 bits per heavy atom. The average molecular weight is 427 g/mol. The van der Waals surface area contributed by atoms with E-state index in [2.05, 4.69) is 6.58 Å². The van der Waals surface area contributed by atoms with Gasteiger partial charge in [0.1, 0.15) is 18.0 Å². The summed E-state index contributed by atoms with van der Waals surface area (Å²) in [6.45, 7) is 7.39. The summed E-state index contributed by atoms with van der Waals surface area (Å²) < 4.78 is 21.5. The number of aromatic nitrogens is 1. The van der Waals surface area contributed by atoms with Gasteiger partial charge in [-0.3, -0.25) is 4.79 Å². The Bertz CT molecular complexity index is 1040. The van der Waals surface area contributed by atoms with Crippen LogP contribution in [0.25, 0.3) is 10.9 Å². The number of anilines is 1. The van der Waals surface area contributed by atoms with Crippen LogP contribution < -0.4 is 39.9 Å². The van der Waals surface area contributed by atoms with E-state index in [1.165, 1.54) is 12.3 Å². The molecule has 2 aromatic rings. The van der Waals surface area contributed by atoms with Crippen molar-refractivity contribution < 1.29 is 54.8 Å². The number of carboxylic acids is 1. The van der Waals surface area contributed by atoms with Gasteiger partial charge in [-0.25, -0.2) is 14.0 Å². The van der Waals surface area contributed by atoms with E-state index < -0.39 is 28.9 Å². The molecule has 1 fully saturated rings. The molecule has 8 nitrogen and oxygen atoms in total. The van der Waals surface area contributed by atoms with E-state index in [0.29, 0.717) is 43.9 Å². The van der Waals surface area contributed by atoms with Crippen molar-refractivity contribution in [2.24, 2.45) is 0 Å². The molecule has 0 aliphatic carbocycles. The Morgan fingerprint density at radius 2 is 1.97 bits per heavy atom. The topological polar surface area (TPSA) is 92.1 Å². The van der Waals surface area contributed by atoms with Crippen LogP contribution in [0.2, 0.25) is 0 Å². The molecule has 0 radical (unpaired) electrons. The second-order valence-electron chi connectivity index (χ2n) is 6.62. The number of carbonyl (C=O) groups excluding carboxylic acids is 1. The summed E-state index contributed by atoms with van der Waals surface area (Å²) >= 11 is 0. The number of amides is 1. The molecule has 1 amide bonds. The van der Waals surface area contributed by atoms with Gasteiger partial charge < -0.3 is 25.6 Å². The van der Waals surface area contributed by atoms with E-state index in [1.807, 2.05) is 6.92 Å². The van der Waals surface area contributed by atoms with Crippen molar-refractivity contribution in [3.8, 4) is 0 Å². The quantitative estimate of drug-likeness (QED) is 0.507. The van der Waals surface area contributed by atoms with Gasteiger partial charge in [0, 0.05) is 44.3 Å². The molecule has 1 aliphatic heterocycles. The van der Waals surface area contributed by atoms with Gasteiger partial charge in [0.2, 0.25) is 5.43 Å². The minimum absolute atomic E-state index is 0. The van der Waals surface area contributed by atoms with Crippen molar-refractivity contribution in [1.82, 2.24) is 9.47 Å². The molecule has 2 heterocycles. The summed E-state index contributed by atoms with van der Waals surface area (Å²) in [6.07, 6.45) is 2.33. The number of aromatic carboxylic acids is 1. The fraction of sp³-hybridized carbons (Fsp3) is 0.350. The Morgan fingerprint density at radius 3 is 2.53 bits per heavy atom. The maximum absolute atomic E-state index is 14.8. The minimum Gasteiger partial charge on any atom is -1.00 e. The molecule has 1 aromatic carbocycles. The van der Waals surface area contributed by atoms with Gasteiger partial charge in [-0.05, 0) is 19.1 Å². The first-order valence-corrected chi connectivity index (χ1v) is 9.24. The third-order valence-corrected chi connectivity index (χ3v) is 4.92. The maximum atomic E-state index is 14.8. The van der Waals surface area contributed by atoms with Crippen molar-refractivity contribution in [3.63, 3.8) is 0 Å². The molecule has 1 aliphatic rings. The van der Waals surface area contributed by atoms with Crippen LogP contribution in [0.15, 0.2) is 35.8 Å². The van der Waals surface area contributed by atoms with E-state index >= 15 is 0 Å². The van der Waals surface area contributed by atoms with Crippen molar-refractivity contribution in [2.45, 2.75) is 13.5 Å². The average Bonchev–Trinajstić information content (AvgIpc) is 2.72. The summed E-state index contributed by atoms with van der Waals surface area (Å²) in [5.41, 5.74) is -0.330. The normalized spacial score (nSPS) is 13.7. The van der Waals surface area contributed by atoms with Gasteiger partial charge in [-0.2, -0.15) is 0 Å². The Labute approximate surface area is 196 Å². The predicted octanol–water partition coefficient (Wildman–Crippen LogP) is -0.580. The van der Waals surface area contributed by atoms with Crippen molar-refractivity contribution >= 4 is 28.7 Å². The maximum Gasteiger partial charge on any atom is 1.00 e. The fourth-order valence-corrected chi connectivity index (χ4v) is 3.41. The number of carbonyl (C=O) groups is 2. The number of pyridine rings is 1. The number of benzene rings is 1. The van der Waals surface area contributed by atoms with Crippen LogP contribution in [0.5, 0.6) is 0 Å². The third kappa shape index (κ3) is 4.69. The molecule has 0 spiro atoms. The van der Waals surface area contributed by atoms with E-state index in [9.17, 15) is 23.9 Å². The summed E-state index contributed by atoms with van der Waals surface area (Å²) in [5, 5.41) is 9.26. The number of halogens is 1. The smallest absolute Gasteiger partial charge is 1.00 e. The number of rotatable bonds is 5. The van der Waals surface area contributed by atoms with E-state index in [4.69, 9.17) is 4.74 Å². The summed E-state index contributed by atoms with van der Waals surface area (Å²) in [7, 11) is 0. The molecule has 10 heteroatoms. The van der Waals surface area contributed by atoms with Gasteiger partial charge in [0.05, 0.1) is 11.2 Å². The number of aryl methyl sites for hydroxylation is 1. The van der Waals surface area contributed by atoms with E-state index in [0.717, 1.165) is 6.07 Å². The SMILES string of the molecule is C=CCOC(=O)N1CCN(c2cc3c(cc2F)c(=O)c(C(=O)O)cn3CC)CC1.[H-].[Na+]. The van der Waals surface area contributed by atoms with Gasteiger partial charge in [0.25, 0.3) is 0 Å². The standard InChI is InChI=1S/C20H22FN3O5.Na.H/c1-3-9-29-20(28)24-7-5-23(6-8-24)17-11-16-13(10-15(17)21)18(25)14(19(26)27)12-22(16)4-2;;/h3,10-12H,1,4-9H2,2H3,(H,26,27);;/q;+1;-1. The number of fused-ring (bicyclic) bond motifs is 1. The van der Waals surface area contributed by atoms with Gasteiger partial charge in [-0.1, -0.05) is 12.7 Å². The Kier molecular flexibility index (Phi) is 8.05. The van der Waals surface area contributed by atoms with Crippen LogP contribution in [-0.2, 0) is 11.3 Å². The summed E-state index contributed by atoms with van der Waals surface area (Å²) in [5.74, 6) is -1.95. The zero-order valence-electron chi connectivity index (χ0n) is 18.1. The molecule has 0 bridgehead atoms. The number of ether oxygens (including phenoxy) is 1. The van der Waals surface area contributed by atoms with E-state index in [-0.39, 0.29) is 43.0 Å². The molecular formula is C20H23FN3NaO5. The summed E-state index contributed by atoms with van der Waals surface area (Å²) in [6, 6.07) is 2.66. The molecule has 1 aromatic heterocycles. The van der Waals surface area contributed by atoms with Gasteiger partial charge >= 0.3 is 41.6 Å². The first-order chi connectivity index (χ1) is 13.9. The Balaban J connectivity index is 0.00000240. The number of nitrogens with zero attached hydrogens (tertiary/aromatic N) is 3. The van der Waals surface area contributed by atoms with Crippen LogP contribution in [-0.4, -0.2) is 59.4 Å². The second-order valence-corrected chi connectivity index (χ2v) is 6.62. The van der Waals surface area contributed by atoms with Crippen molar-refractivity contribution in [3.05, 3.63) is 52.6 Å².